The Morgan fingerprint density at radius 3 is 2.05 bits per heavy atom. The monoisotopic (exact) mass is 555 g/mol. The van der Waals surface area contributed by atoms with Crippen LogP contribution in [0.2, 0.25) is 0 Å². The molecule has 0 saturated heterocycles. The van der Waals surface area contributed by atoms with Crippen LogP contribution in [-0.4, -0.2) is 74.9 Å². The highest BCUT2D eigenvalue weighted by Gasteiger charge is 2.31. The number of thiol groups is 1. The van der Waals surface area contributed by atoms with Crippen molar-refractivity contribution in [3.8, 4) is 0 Å². The van der Waals surface area contributed by atoms with Crippen LogP contribution in [0.4, 0.5) is 0 Å². The first kappa shape index (κ1) is 29.7. The number of aliphatic hydroxyl groups is 1. The summed E-state index contributed by atoms with van der Waals surface area (Å²) in [6.45, 7) is 1.36. The molecule has 0 aliphatic carbocycles. The molecule has 3 aromatic rings. The van der Waals surface area contributed by atoms with Gasteiger partial charge in [0.2, 0.25) is 17.7 Å². The van der Waals surface area contributed by atoms with Gasteiger partial charge in [-0.3, -0.25) is 14.4 Å². The van der Waals surface area contributed by atoms with Gasteiger partial charge in [0.15, 0.2) is 0 Å². The molecule has 0 aliphatic rings. The van der Waals surface area contributed by atoms with Crippen LogP contribution in [0.25, 0.3) is 10.9 Å². The lowest BCUT2D eigenvalue weighted by atomic mass is 10.0. The number of para-hydroxylation sites is 1. The first-order chi connectivity index (χ1) is 18.6. The summed E-state index contributed by atoms with van der Waals surface area (Å²) in [7, 11) is 0. The molecule has 0 radical (unpaired) electrons. The van der Waals surface area contributed by atoms with E-state index in [1.807, 2.05) is 24.3 Å². The Balaban J connectivity index is 1.89. The second-order valence-corrected chi connectivity index (χ2v) is 9.59. The molecule has 5 unspecified atom stereocenters. The minimum Gasteiger partial charge on any atom is -0.480 e. The maximum absolute atomic E-state index is 13.6. The number of aromatic nitrogens is 1. The molecule has 0 fully saturated rings. The van der Waals surface area contributed by atoms with Crippen LogP contribution in [0.1, 0.15) is 18.1 Å². The normalized spacial score (nSPS) is 15.0. The zero-order chi connectivity index (χ0) is 28.5. The molecule has 1 aromatic heterocycles. The quantitative estimate of drug-likeness (QED) is 0.138. The Morgan fingerprint density at radius 2 is 1.44 bits per heavy atom. The first-order valence-electron chi connectivity index (χ1n) is 12.4. The SMILES string of the molecule is CC(O)C(N)C(=O)NC(Cc1c[nH]c2ccccc12)C(=O)NC(Cc1ccccc1)C(=O)NC(CS)C(=O)O. The molecular weight excluding hydrogens is 522 g/mol. The lowest BCUT2D eigenvalue weighted by Gasteiger charge is -2.25. The Kier molecular flexibility index (Phi) is 10.5. The second kappa shape index (κ2) is 13.8. The van der Waals surface area contributed by atoms with Crippen molar-refractivity contribution in [2.75, 3.05) is 5.75 Å². The third-order valence-electron chi connectivity index (χ3n) is 6.27. The molecule has 3 rings (SSSR count). The van der Waals surface area contributed by atoms with E-state index in [1.54, 1.807) is 36.5 Å². The van der Waals surface area contributed by atoms with Gasteiger partial charge >= 0.3 is 5.97 Å². The molecule has 0 aliphatic heterocycles. The van der Waals surface area contributed by atoms with E-state index in [0.717, 1.165) is 22.0 Å². The van der Waals surface area contributed by atoms with Gasteiger partial charge in [0, 0.05) is 35.7 Å². The van der Waals surface area contributed by atoms with E-state index in [2.05, 4.69) is 33.6 Å². The molecule has 0 spiro atoms. The van der Waals surface area contributed by atoms with Crippen LogP contribution < -0.4 is 21.7 Å². The topological polar surface area (TPSA) is 187 Å². The van der Waals surface area contributed by atoms with Gasteiger partial charge in [0.25, 0.3) is 0 Å². The van der Waals surface area contributed by atoms with Crippen molar-refractivity contribution in [3.05, 3.63) is 71.9 Å². The van der Waals surface area contributed by atoms with Gasteiger partial charge in [0.05, 0.1) is 6.10 Å². The smallest absolute Gasteiger partial charge is 0.327 e. The molecule has 1 heterocycles. The maximum atomic E-state index is 13.6. The van der Waals surface area contributed by atoms with Crippen LogP contribution in [0.15, 0.2) is 60.8 Å². The number of carbonyl (C=O) groups is 4. The summed E-state index contributed by atoms with van der Waals surface area (Å²) >= 11 is 3.99. The number of nitrogens with one attached hydrogen (secondary N) is 4. The number of carboxylic acid groups (broad SMARTS) is 1. The predicted molar refractivity (Wildman–Crippen MR) is 149 cm³/mol. The van der Waals surface area contributed by atoms with E-state index >= 15 is 0 Å². The van der Waals surface area contributed by atoms with Gasteiger partial charge in [-0.15, -0.1) is 0 Å². The molecule has 2 aromatic carbocycles. The summed E-state index contributed by atoms with van der Waals surface area (Å²) < 4.78 is 0. The van der Waals surface area contributed by atoms with Gasteiger partial charge in [-0.2, -0.15) is 12.6 Å². The fourth-order valence-corrected chi connectivity index (χ4v) is 4.25. The number of aliphatic carboxylic acids is 1. The number of aliphatic hydroxyl groups excluding tert-OH is 1. The maximum Gasteiger partial charge on any atom is 0.327 e. The number of hydrogen-bond donors (Lipinski definition) is 8. The summed E-state index contributed by atoms with van der Waals surface area (Å²) in [6, 6.07) is 11.5. The van der Waals surface area contributed by atoms with Crippen LogP contribution >= 0.6 is 12.6 Å². The van der Waals surface area contributed by atoms with Crippen molar-refractivity contribution in [3.63, 3.8) is 0 Å². The highest BCUT2D eigenvalue weighted by Crippen LogP contribution is 2.19. The summed E-state index contributed by atoms with van der Waals surface area (Å²) in [4.78, 5) is 54.0. The number of carboxylic acids is 1. The second-order valence-electron chi connectivity index (χ2n) is 9.22. The average molecular weight is 556 g/mol. The molecular formula is C27H33N5O6S. The van der Waals surface area contributed by atoms with Gasteiger partial charge in [-0.1, -0.05) is 48.5 Å². The minimum absolute atomic E-state index is 0.0577. The van der Waals surface area contributed by atoms with Crippen LogP contribution in [-0.2, 0) is 32.0 Å². The third kappa shape index (κ3) is 8.06. The largest absolute Gasteiger partial charge is 0.480 e. The van der Waals surface area contributed by atoms with Gasteiger partial charge < -0.3 is 36.9 Å². The molecule has 39 heavy (non-hydrogen) atoms. The van der Waals surface area contributed by atoms with E-state index < -0.39 is 54.0 Å². The van der Waals surface area contributed by atoms with Crippen LogP contribution in [0.5, 0.6) is 0 Å². The molecule has 3 amide bonds. The Labute approximate surface area is 231 Å². The highest BCUT2D eigenvalue weighted by molar-refractivity contribution is 7.80. The first-order valence-corrected chi connectivity index (χ1v) is 13.0. The zero-order valence-corrected chi connectivity index (χ0v) is 22.2. The Bertz CT molecular complexity index is 1300. The third-order valence-corrected chi connectivity index (χ3v) is 6.63. The molecule has 8 N–H and O–H groups in total. The van der Waals surface area contributed by atoms with Crippen molar-refractivity contribution in [2.45, 2.75) is 50.0 Å². The molecule has 11 nitrogen and oxygen atoms in total. The van der Waals surface area contributed by atoms with Crippen molar-refractivity contribution in [1.29, 1.82) is 0 Å². The molecule has 12 heteroatoms. The number of nitrogens with two attached hydrogens (primary N) is 1. The fourth-order valence-electron chi connectivity index (χ4n) is 4.01. The number of amides is 3. The number of aromatic amines is 1. The zero-order valence-electron chi connectivity index (χ0n) is 21.3. The fraction of sp³-hybridized carbons (Fsp3) is 0.333. The van der Waals surface area contributed by atoms with Crippen LogP contribution in [0, 0.1) is 0 Å². The molecule has 0 bridgehead atoms. The van der Waals surface area contributed by atoms with Gasteiger partial charge in [-0.25, -0.2) is 4.79 Å². The summed E-state index contributed by atoms with van der Waals surface area (Å²) in [5, 5.41) is 27.6. The Hall–Kier alpha value is -3.87. The van der Waals surface area contributed by atoms with Crippen molar-refractivity contribution < 1.29 is 29.4 Å². The number of H-pyrrole nitrogens is 1. The van der Waals surface area contributed by atoms with E-state index in [1.165, 1.54) is 6.92 Å². The van der Waals surface area contributed by atoms with Gasteiger partial charge in [0.1, 0.15) is 24.2 Å². The highest BCUT2D eigenvalue weighted by atomic mass is 32.1. The van der Waals surface area contributed by atoms with Crippen LogP contribution in [0.3, 0.4) is 0 Å². The van der Waals surface area contributed by atoms with E-state index in [0.29, 0.717) is 0 Å². The number of benzene rings is 2. The van der Waals surface area contributed by atoms with Gasteiger partial charge in [-0.05, 0) is 24.1 Å². The van der Waals surface area contributed by atoms with E-state index in [-0.39, 0.29) is 18.6 Å². The van der Waals surface area contributed by atoms with Crippen molar-refractivity contribution in [2.24, 2.45) is 5.73 Å². The number of rotatable bonds is 13. The number of carbonyl (C=O) groups excluding carboxylic acids is 3. The molecule has 5 atom stereocenters. The molecule has 0 saturated carbocycles. The number of fused-ring (bicyclic) bond motifs is 1. The van der Waals surface area contributed by atoms with Crippen molar-refractivity contribution in [1.82, 2.24) is 20.9 Å². The average Bonchev–Trinajstić information content (AvgIpc) is 3.33. The Morgan fingerprint density at radius 1 is 0.872 bits per heavy atom. The number of hydrogen-bond acceptors (Lipinski definition) is 7. The summed E-state index contributed by atoms with van der Waals surface area (Å²) in [5.41, 5.74) is 8.10. The van der Waals surface area contributed by atoms with Crippen molar-refractivity contribution >= 4 is 47.2 Å². The van der Waals surface area contributed by atoms with E-state index in [4.69, 9.17) is 5.73 Å². The lowest BCUT2D eigenvalue weighted by molar-refractivity contribution is -0.141. The standard InChI is InChI=1S/C27H33N5O6S/c1-15(33)23(28)26(36)31-21(12-17-13-29-19-10-6-5-9-18(17)19)25(35)30-20(11-16-7-3-2-4-8-16)24(34)32-22(14-39)27(37)38/h2-10,13,15,20-23,29,33,39H,11-12,14,28H2,1H3,(H,30,35)(H,31,36)(H,32,34)(H,37,38). The predicted octanol–water partition coefficient (Wildman–Crippen LogP) is 0.130. The summed E-state index contributed by atoms with van der Waals surface area (Å²) in [5.74, 6) is -3.55. The minimum atomic E-state index is -1.28. The summed E-state index contributed by atoms with van der Waals surface area (Å²) in [6.07, 6.45) is 0.692. The molecule has 208 valence electrons. The lowest BCUT2D eigenvalue weighted by Crippen LogP contribution is -2.59. The van der Waals surface area contributed by atoms with E-state index in [9.17, 15) is 29.4 Å².